The van der Waals surface area contributed by atoms with Gasteiger partial charge in [0.25, 0.3) is 5.91 Å². The number of methoxy groups -OCH3 is 1. The molecule has 1 amide bonds. The molecule has 0 radical (unpaired) electrons. The van der Waals surface area contributed by atoms with E-state index in [0.29, 0.717) is 5.69 Å². The normalized spacial score (nSPS) is 10.6. The summed E-state index contributed by atoms with van der Waals surface area (Å²) in [5, 5.41) is 3.89. The minimum atomic E-state index is -0.301. The van der Waals surface area contributed by atoms with Crippen molar-refractivity contribution in [2.24, 2.45) is 5.10 Å². The lowest BCUT2D eigenvalue weighted by Gasteiger charge is -2.00. The lowest BCUT2D eigenvalue weighted by molar-refractivity contribution is 0.0951. The Hall–Kier alpha value is -2.08. The maximum absolute atomic E-state index is 11.7. The first kappa shape index (κ1) is 13.4. The SMILES string of the molecule is COc1cccc(/C=N\NC(=O)c2cc(Br)c[nH]2)c1. The molecule has 6 heteroatoms. The fraction of sp³-hybridized carbons (Fsp3) is 0.0769. The predicted octanol–water partition coefficient (Wildman–Crippen LogP) is 2.55. The van der Waals surface area contributed by atoms with Crippen molar-refractivity contribution in [2.75, 3.05) is 7.11 Å². The topological polar surface area (TPSA) is 66.5 Å². The third-order valence-corrected chi connectivity index (χ3v) is 2.82. The zero-order valence-electron chi connectivity index (χ0n) is 10.2. The Balaban J connectivity index is 1.97. The monoisotopic (exact) mass is 321 g/mol. The summed E-state index contributed by atoms with van der Waals surface area (Å²) in [6.45, 7) is 0. The predicted molar refractivity (Wildman–Crippen MR) is 76.5 cm³/mol. The van der Waals surface area contributed by atoms with Gasteiger partial charge in [0, 0.05) is 10.7 Å². The number of hydrazone groups is 1. The van der Waals surface area contributed by atoms with Gasteiger partial charge in [-0.2, -0.15) is 5.10 Å². The molecule has 1 aromatic carbocycles. The third kappa shape index (κ3) is 3.69. The molecule has 2 rings (SSSR count). The average Bonchev–Trinajstić information content (AvgIpc) is 2.86. The number of amides is 1. The number of carbonyl (C=O) groups is 1. The molecular weight excluding hydrogens is 310 g/mol. The standard InChI is InChI=1S/C13H12BrN3O2/c1-19-11-4-2-3-9(5-11)7-16-17-13(18)12-6-10(14)8-15-12/h2-8,15H,1H3,(H,17,18)/b16-7-. The molecular formula is C13H12BrN3O2. The Morgan fingerprint density at radius 3 is 3.00 bits per heavy atom. The molecule has 1 heterocycles. The van der Waals surface area contributed by atoms with Crippen molar-refractivity contribution < 1.29 is 9.53 Å². The van der Waals surface area contributed by atoms with Gasteiger partial charge in [-0.1, -0.05) is 12.1 Å². The van der Waals surface area contributed by atoms with E-state index in [1.54, 1.807) is 25.6 Å². The highest BCUT2D eigenvalue weighted by molar-refractivity contribution is 9.10. The Bertz CT molecular complexity index is 607. The number of hydrogen-bond acceptors (Lipinski definition) is 3. The second kappa shape index (κ2) is 6.19. The van der Waals surface area contributed by atoms with Gasteiger partial charge < -0.3 is 9.72 Å². The zero-order chi connectivity index (χ0) is 13.7. The van der Waals surface area contributed by atoms with Crippen LogP contribution >= 0.6 is 15.9 Å². The van der Waals surface area contributed by atoms with E-state index in [4.69, 9.17) is 4.74 Å². The van der Waals surface area contributed by atoms with Crippen LogP contribution in [-0.2, 0) is 0 Å². The first-order valence-corrected chi connectivity index (χ1v) is 6.30. The van der Waals surface area contributed by atoms with Gasteiger partial charge in [0.1, 0.15) is 11.4 Å². The quantitative estimate of drug-likeness (QED) is 0.671. The number of aromatic amines is 1. The number of ether oxygens (including phenoxy) is 1. The molecule has 0 saturated heterocycles. The number of H-pyrrole nitrogens is 1. The fourth-order valence-corrected chi connectivity index (χ4v) is 1.79. The van der Waals surface area contributed by atoms with Crippen LogP contribution in [0.3, 0.4) is 0 Å². The van der Waals surface area contributed by atoms with Crippen molar-refractivity contribution in [3.8, 4) is 5.75 Å². The number of rotatable bonds is 4. The van der Waals surface area contributed by atoms with E-state index in [2.05, 4.69) is 31.4 Å². The van der Waals surface area contributed by atoms with Crippen LogP contribution in [0.2, 0.25) is 0 Å². The second-order valence-electron chi connectivity index (χ2n) is 3.71. The van der Waals surface area contributed by atoms with E-state index in [-0.39, 0.29) is 5.91 Å². The van der Waals surface area contributed by atoms with Gasteiger partial charge >= 0.3 is 0 Å². The molecule has 0 aliphatic carbocycles. The summed E-state index contributed by atoms with van der Waals surface area (Å²) < 4.78 is 5.91. The van der Waals surface area contributed by atoms with Crippen molar-refractivity contribution in [3.63, 3.8) is 0 Å². The lowest BCUT2D eigenvalue weighted by Crippen LogP contribution is -2.17. The lowest BCUT2D eigenvalue weighted by atomic mass is 10.2. The van der Waals surface area contributed by atoms with Crippen molar-refractivity contribution in [1.29, 1.82) is 0 Å². The van der Waals surface area contributed by atoms with Gasteiger partial charge in [0.15, 0.2) is 0 Å². The van der Waals surface area contributed by atoms with E-state index in [1.807, 2.05) is 24.3 Å². The first-order valence-electron chi connectivity index (χ1n) is 5.50. The highest BCUT2D eigenvalue weighted by Gasteiger charge is 2.05. The molecule has 98 valence electrons. The fourth-order valence-electron chi connectivity index (χ4n) is 1.45. The number of nitrogens with one attached hydrogen (secondary N) is 2. The van der Waals surface area contributed by atoms with Crippen LogP contribution in [0.4, 0.5) is 0 Å². The number of hydrogen-bond donors (Lipinski definition) is 2. The molecule has 0 saturated carbocycles. The molecule has 0 fully saturated rings. The molecule has 2 aromatic rings. The summed E-state index contributed by atoms with van der Waals surface area (Å²) in [6, 6.07) is 9.05. The highest BCUT2D eigenvalue weighted by Crippen LogP contribution is 2.11. The molecule has 5 nitrogen and oxygen atoms in total. The Morgan fingerprint density at radius 2 is 2.32 bits per heavy atom. The number of nitrogens with zero attached hydrogens (tertiary/aromatic N) is 1. The molecule has 0 bridgehead atoms. The van der Waals surface area contributed by atoms with Gasteiger partial charge in [-0.25, -0.2) is 5.43 Å². The van der Waals surface area contributed by atoms with Crippen LogP contribution in [0.25, 0.3) is 0 Å². The molecule has 0 unspecified atom stereocenters. The van der Waals surface area contributed by atoms with Crippen LogP contribution in [0.5, 0.6) is 5.75 Å². The highest BCUT2D eigenvalue weighted by atomic mass is 79.9. The van der Waals surface area contributed by atoms with Crippen LogP contribution in [0.15, 0.2) is 46.1 Å². The molecule has 0 aliphatic heterocycles. The van der Waals surface area contributed by atoms with E-state index in [0.717, 1.165) is 15.8 Å². The summed E-state index contributed by atoms with van der Waals surface area (Å²) >= 11 is 3.26. The van der Waals surface area contributed by atoms with Crippen LogP contribution in [-0.4, -0.2) is 24.2 Å². The van der Waals surface area contributed by atoms with Gasteiger partial charge in [0.05, 0.1) is 13.3 Å². The van der Waals surface area contributed by atoms with E-state index in [9.17, 15) is 4.79 Å². The molecule has 2 N–H and O–H groups in total. The summed E-state index contributed by atoms with van der Waals surface area (Å²) in [7, 11) is 1.60. The van der Waals surface area contributed by atoms with Crippen LogP contribution in [0, 0.1) is 0 Å². The Kier molecular flexibility index (Phi) is 4.35. The second-order valence-corrected chi connectivity index (χ2v) is 4.62. The summed E-state index contributed by atoms with van der Waals surface area (Å²) in [5.41, 5.74) is 3.72. The minimum absolute atomic E-state index is 0.301. The van der Waals surface area contributed by atoms with Gasteiger partial charge in [-0.3, -0.25) is 4.79 Å². The van der Waals surface area contributed by atoms with Crippen molar-refractivity contribution in [3.05, 3.63) is 52.3 Å². The van der Waals surface area contributed by atoms with Gasteiger partial charge in [0.2, 0.25) is 0 Å². The molecule has 19 heavy (non-hydrogen) atoms. The summed E-state index contributed by atoms with van der Waals surface area (Å²) in [5.74, 6) is 0.438. The van der Waals surface area contributed by atoms with Crippen molar-refractivity contribution in [2.45, 2.75) is 0 Å². The van der Waals surface area contributed by atoms with Crippen molar-refractivity contribution in [1.82, 2.24) is 10.4 Å². The Labute approximate surface area is 118 Å². The maximum Gasteiger partial charge on any atom is 0.287 e. The van der Waals surface area contributed by atoms with Crippen LogP contribution < -0.4 is 10.2 Å². The minimum Gasteiger partial charge on any atom is -0.497 e. The Morgan fingerprint density at radius 1 is 1.47 bits per heavy atom. The summed E-state index contributed by atoms with van der Waals surface area (Å²) in [6.07, 6.45) is 3.24. The largest absolute Gasteiger partial charge is 0.497 e. The molecule has 0 atom stereocenters. The number of halogens is 1. The smallest absolute Gasteiger partial charge is 0.287 e. The van der Waals surface area contributed by atoms with Crippen molar-refractivity contribution >= 4 is 28.1 Å². The van der Waals surface area contributed by atoms with Crippen LogP contribution in [0.1, 0.15) is 16.1 Å². The average molecular weight is 322 g/mol. The maximum atomic E-state index is 11.7. The van der Waals surface area contributed by atoms with E-state index >= 15 is 0 Å². The van der Waals surface area contributed by atoms with E-state index in [1.165, 1.54) is 0 Å². The molecule has 0 spiro atoms. The zero-order valence-corrected chi connectivity index (χ0v) is 11.8. The summed E-state index contributed by atoms with van der Waals surface area (Å²) in [4.78, 5) is 14.5. The first-order chi connectivity index (χ1) is 9.19. The van der Waals surface area contributed by atoms with E-state index < -0.39 is 0 Å². The van der Waals surface area contributed by atoms with Gasteiger partial charge in [-0.15, -0.1) is 0 Å². The molecule has 0 aliphatic rings. The number of carbonyl (C=O) groups excluding carboxylic acids is 1. The number of benzene rings is 1. The molecule has 1 aromatic heterocycles. The number of aromatic nitrogens is 1. The third-order valence-electron chi connectivity index (χ3n) is 2.37. The van der Waals surface area contributed by atoms with Gasteiger partial charge in [-0.05, 0) is 39.7 Å².